The molecule has 0 radical (unpaired) electrons. The van der Waals surface area contributed by atoms with Crippen LogP contribution in [-0.4, -0.2) is 30.9 Å². The van der Waals surface area contributed by atoms with Gasteiger partial charge in [0.15, 0.2) is 0 Å². The van der Waals surface area contributed by atoms with E-state index in [1.54, 1.807) is 47.5 Å². The molecule has 2 aromatic carbocycles. The number of carbonyl (C=O) groups is 2. The van der Waals surface area contributed by atoms with Gasteiger partial charge in [0.05, 0.1) is 23.7 Å². The fourth-order valence-corrected chi connectivity index (χ4v) is 3.83. The van der Waals surface area contributed by atoms with Crippen molar-refractivity contribution >= 4 is 34.8 Å². The van der Waals surface area contributed by atoms with Crippen LogP contribution < -0.4 is 15.1 Å². The maximum absolute atomic E-state index is 13.1. The van der Waals surface area contributed by atoms with E-state index in [9.17, 15) is 9.59 Å². The van der Waals surface area contributed by atoms with Gasteiger partial charge >= 0.3 is 0 Å². The third-order valence-electron chi connectivity index (χ3n) is 5.34. The lowest BCUT2D eigenvalue weighted by molar-refractivity contribution is -0.121. The number of aromatic nitrogens is 1. The summed E-state index contributed by atoms with van der Waals surface area (Å²) in [7, 11) is 3.97. The molecule has 7 heteroatoms. The number of carbonyl (C=O) groups excluding carboxylic acids is 2. The third-order valence-corrected chi connectivity index (χ3v) is 5.59. The van der Waals surface area contributed by atoms with E-state index in [0.29, 0.717) is 28.5 Å². The molecule has 158 valence electrons. The van der Waals surface area contributed by atoms with Crippen LogP contribution in [0.25, 0.3) is 0 Å². The number of benzene rings is 2. The lowest BCUT2D eigenvalue weighted by Gasteiger charge is -2.24. The molecule has 0 spiro atoms. The molecule has 1 aliphatic heterocycles. The van der Waals surface area contributed by atoms with Crippen LogP contribution in [0.1, 0.15) is 34.1 Å². The molecule has 0 aliphatic carbocycles. The Morgan fingerprint density at radius 3 is 2.48 bits per heavy atom. The Morgan fingerprint density at radius 2 is 1.81 bits per heavy atom. The highest BCUT2D eigenvalue weighted by atomic mass is 35.5. The molecule has 1 atom stereocenters. The van der Waals surface area contributed by atoms with Gasteiger partial charge in [0.25, 0.3) is 5.91 Å². The summed E-state index contributed by atoms with van der Waals surface area (Å²) in [4.78, 5) is 33.9. The summed E-state index contributed by atoms with van der Waals surface area (Å²) in [5, 5.41) is 3.55. The van der Waals surface area contributed by atoms with Crippen molar-refractivity contribution < 1.29 is 9.59 Å². The van der Waals surface area contributed by atoms with Crippen molar-refractivity contribution in [3.05, 3.63) is 88.7 Å². The predicted molar refractivity (Wildman–Crippen MR) is 122 cm³/mol. The third kappa shape index (κ3) is 4.39. The zero-order chi connectivity index (χ0) is 22.0. The van der Waals surface area contributed by atoms with Crippen LogP contribution in [0.4, 0.5) is 11.4 Å². The first-order valence-corrected chi connectivity index (χ1v) is 10.4. The summed E-state index contributed by atoms with van der Waals surface area (Å²) in [5.74, 6) is -0.311. The van der Waals surface area contributed by atoms with E-state index in [1.807, 2.05) is 43.3 Å². The van der Waals surface area contributed by atoms with Crippen molar-refractivity contribution in [3.8, 4) is 0 Å². The molecule has 1 aromatic heterocycles. The van der Waals surface area contributed by atoms with Crippen LogP contribution in [0.3, 0.4) is 0 Å². The molecule has 31 heavy (non-hydrogen) atoms. The van der Waals surface area contributed by atoms with Gasteiger partial charge in [-0.15, -0.1) is 0 Å². The Morgan fingerprint density at radius 1 is 1.10 bits per heavy atom. The smallest absolute Gasteiger partial charge is 0.260 e. The fraction of sp³-hybridized carbons (Fsp3) is 0.208. The van der Waals surface area contributed by atoms with Gasteiger partial charge in [-0.25, -0.2) is 0 Å². The van der Waals surface area contributed by atoms with Crippen molar-refractivity contribution in [2.45, 2.75) is 19.0 Å². The minimum absolute atomic E-state index is 0.119. The van der Waals surface area contributed by atoms with Crippen LogP contribution in [0.5, 0.6) is 0 Å². The van der Waals surface area contributed by atoms with Crippen LogP contribution >= 0.6 is 11.6 Å². The highest BCUT2D eigenvalue weighted by Gasteiger charge is 2.39. The average Bonchev–Trinajstić information content (AvgIpc) is 3.05. The fourth-order valence-electron chi connectivity index (χ4n) is 3.70. The second-order valence-electron chi connectivity index (χ2n) is 7.65. The highest BCUT2D eigenvalue weighted by molar-refractivity contribution is 6.30. The first-order chi connectivity index (χ1) is 14.9. The summed E-state index contributed by atoms with van der Waals surface area (Å²) >= 11 is 6.01. The zero-order valence-electron chi connectivity index (χ0n) is 17.4. The molecule has 0 fully saturated rings. The van der Waals surface area contributed by atoms with Gasteiger partial charge in [0.2, 0.25) is 5.91 Å². The number of rotatable bonds is 6. The number of amides is 2. The first kappa shape index (κ1) is 20.9. The monoisotopic (exact) mass is 434 g/mol. The van der Waals surface area contributed by atoms with E-state index in [1.165, 1.54) is 0 Å². The van der Waals surface area contributed by atoms with Gasteiger partial charge in [0.1, 0.15) is 0 Å². The Bertz CT molecular complexity index is 1100. The molecule has 2 amide bonds. The van der Waals surface area contributed by atoms with E-state index >= 15 is 0 Å². The number of hydrogen-bond donors (Lipinski definition) is 1. The lowest BCUT2D eigenvalue weighted by atomic mass is 10.1. The lowest BCUT2D eigenvalue weighted by Crippen LogP contribution is -2.32. The number of anilines is 2. The number of halogens is 1. The largest absolute Gasteiger partial charge is 0.378 e. The second kappa shape index (κ2) is 8.78. The molecule has 1 N–H and O–H groups in total. The van der Waals surface area contributed by atoms with Crippen molar-refractivity contribution in [1.82, 2.24) is 10.3 Å². The summed E-state index contributed by atoms with van der Waals surface area (Å²) in [6.45, 7) is 0.420. The highest BCUT2D eigenvalue weighted by Crippen LogP contribution is 2.38. The van der Waals surface area contributed by atoms with E-state index in [0.717, 1.165) is 11.3 Å². The van der Waals surface area contributed by atoms with Gasteiger partial charge in [-0.05, 0) is 54.1 Å². The molecule has 2 heterocycles. The topological polar surface area (TPSA) is 65.5 Å². The molecule has 0 saturated heterocycles. The number of nitrogens with zero attached hydrogens (tertiary/aromatic N) is 3. The normalized spacial score (nSPS) is 15.0. The van der Waals surface area contributed by atoms with Crippen LogP contribution in [-0.2, 0) is 11.3 Å². The van der Waals surface area contributed by atoms with Gasteiger partial charge in [-0.3, -0.25) is 19.5 Å². The van der Waals surface area contributed by atoms with Crippen LogP contribution in [0.15, 0.2) is 66.9 Å². The van der Waals surface area contributed by atoms with Gasteiger partial charge < -0.3 is 10.2 Å². The van der Waals surface area contributed by atoms with E-state index in [2.05, 4.69) is 10.3 Å². The standard InChI is InChI=1S/C24H23ClN4O2/c1-28(2)18-9-5-16(6-10-18)15-27-22(30)14-21-23-20(4-3-13-26-23)24(31)29(21)19-11-7-17(25)8-12-19/h3-13,21H,14-15H2,1-2H3,(H,27,30)/t21-/m0/s1. The summed E-state index contributed by atoms with van der Waals surface area (Å²) < 4.78 is 0. The Kier molecular flexibility index (Phi) is 5.91. The van der Waals surface area contributed by atoms with E-state index in [-0.39, 0.29) is 18.2 Å². The molecule has 1 aliphatic rings. The van der Waals surface area contributed by atoms with Crippen LogP contribution in [0.2, 0.25) is 5.02 Å². The average molecular weight is 435 g/mol. The number of pyridine rings is 1. The molecule has 3 aromatic rings. The molecule has 4 rings (SSSR count). The van der Waals surface area contributed by atoms with Crippen molar-refractivity contribution in [3.63, 3.8) is 0 Å². The van der Waals surface area contributed by atoms with E-state index < -0.39 is 6.04 Å². The van der Waals surface area contributed by atoms with Gasteiger partial charge in [-0.1, -0.05) is 23.7 Å². The molecule has 0 saturated carbocycles. The molecular formula is C24H23ClN4O2. The number of hydrogen-bond acceptors (Lipinski definition) is 4. The Balaban J connectivity index is 1.50. The summed E-state index contributed by atoms with van der Waals surface area (Å²) in [6, 6.07) is 18.0. The molecule has 0 bridgehead atoms. The minimum atomic E-state index is -0.471. The van der Waals surface area contributed by atoms with Gasteiger partial charge in [0, 0.05) is 43.2 Å². The van der Waals surface area contributed by atoms with Crippen molar-refractivity contribution in [2.24, 2.45) is 0 Å². The van der Waals surface area contributed by atoms with Crippen molar-refractivity contribution in [1.29, 1.82) is 0 Å². The Labute approximate surface area is 186 Å². The Hall–Kier alpha value is -3.38. The minimum Gasteiger partial charge on any atom is -0.378 e. The van der Waals surface area contributed by atoms with Crippen LogP contribution in [0, 0.1) is 0 Å². The summed E-state index contributed by atoms with van der Waals surface area (Å²) in [6.07, 6.45) is 1.77. The predicted octanol–water partition coefficient (Wildman–Crippen LogP) is 4.21. The first-order valence-electron chi connectivity index (χ1n) is 10.0. The molecular weight excluding hydrogens is 412 g/mol. The number of nitrogens with one attached hydrogen (secondary N) is 1. The molecule has 0 unspecified atom stereocenters. The SMILES string of the molecule is CN(C)c1ccc(CNC(=O)C[C@H]2c3ncccc3C(=O)N2c2ccc(Cl)cc2)cc1. The summed E-state index contributed by atoms with van der Waals surface area (Å²) in [5.41, 5.74) is 3.93. The second-order valence-corrected chi connectivity index (χ2v) is 8.08. The zero-order valence-corrected chi connectivity index (χ0v) is 18.1. The maximum atomic E-state index is 13.1. The van der Waals surface area contributed by atoms with Crippen molar-refractivity contribution in [2.75, 3.05) is 23.9 Å². The molecule has 6 nitrogen and oxygen atoms in total. The quantitative estimate of drug-likeness (QED) is 0.631. The van der Waals surface area contributed by atoms with Gasteiger partial charge in [-0.2, -0.15) is 0 Å². The number of fused-ring (bicyclic) bond motifs is 1. The maximum Gasteiger partial charge on any atom is 0.260 e. The van der Waals surface area contributed by atoms with E-state index in [4.69, 9.17) is 11.6 Å².